The summed E-state index contributed by atoms with van der Waals surface area (Å²) in [7, 11) is 0. The fourth-order valence-corrected chi connectivity index (χ4v) is 2.52. The Morgan fingerprint density at radius 2 is 2.06 bits per heavy atom. The molecule has 1 N–H and O–H groups in total. The minimum atomic E-state index is 0.0450. The maximum absolute atomic E-state index is 5.44. The van der Waals surface area contributed by atoms with E-state index in [4.69, 9.17) is 4.74 Å². The van der Waals surface area contributed by atoms with Gasteiger partial charge in [0.05, 0.1) is 18.9 Å². The van der Waals surface area contributed by atoms with Crippen LogP contribution >= 0.6 is 0 Å². The van der Waals surface area contributed by atoms with Crippen molar-refractivity contribution in [1.29, 1.82) is 0 Å². The third-order valence-corrected chi connectivity index (χ3v) is 3.55. The molecular formula is C12H17N3O. The van der Waals surface area contributed by atoms with Crippen LogP contribution in [0.5, 0.6) is 0 Å². The van der Waals surface area contributed by atoms with Crippen molar-refractivity contribution in [3.63, 3.8) is 0 Å². The Hall–Kier alpha value is -0.970. The van der Waals surface area contributed by atoms with E-state index >= 15 is 0 Å². The number of piperazine rings is 1. The predicted molar refractivity (Wildman–Crippen MR) is 61.2 cm³/mol. The second-order valence-corrected chi connectivity index (χ2v) is 4.48. The van der Waals surface area contributed by atoms with Crippen LogP contribution in [0, 0.1) is 0 Å². The summed E-state index contributed by atoms with van der Waals surface area (Å²) in [6.45, 7) is 5.86. The van der Waals surface area contributed by atoms with Crippen LogP contribution in [0.2, 0.25) is 0 Å². The number of hydrogen-bond acceptors (Lipinski definition) is 4. The van der Waals surface area contributed by atoms with Crippen molar-refractivity contribution < 1.29 is 4.74 Å². The largest absolute Gasteiger partial charge is 0.377 e. The number of nitrogens with one attached hydrogen (secondary N) is 1. The lowest BCUT2D eigenvalue weighted by Crippen LogP contribution is -2.63. The Morgan fingerprint density at radius 1 is 1.25 bits per heavy atom. The van der Waals surface area contributed by atoms with Gasteiger partial charge in [0.2, 0.25) is 0 Å². The van der Waals surface area contributed by atoms with Crippen LogP contribution < -0.4 is 5.32 Å². The van der Waals surface area contributed by atoms with E-state index in [1.807, 2.05) is 12.3 Å². The molecular weight excluding hydrogens is 202 g/mol. The highest BCUT2D eigenvalue weighted by Gasteiger charge is 2.46. The van der Waals surface area contributed by atoms with Gasteiger partial charge in [-0.1, -0.05) is 6.07 Å². The first-order chi connectivity index (χ1) is 7.92. The fourth-order valence-electron chi connectivity index (χ4n) is 2.52. The molecule has 0 aromatic carbocycles. The Kier molecular flexibility index (Phi) is 2.63. The zero-order valence-corrected chi connectivity index (χ0v) is 9.35. The monoisotopic (exact) mass is 219 g/mol. The zero-order chi connectivity index (χ0) is 10.8. The van der Waals surface area contributed by atoms with E-state index in [1.165, 1.54) is 0 Å². The Balaban J connectivity index is 1.87. The SMILES string of the molecule is c1ccc(C2(N3CCNCC3)COC2)nc1. The van der Waals surface area contributed by atoms with Gasteiger partial charge in [-0.3, -0.25) is 9.88 Å². The van der Waals surface area contributed by atoms with Crippen molar-refractivity contribution in [3.8, 4) is 0 Å². The van der Waals surface area contributed by atoms with Crippen molar-refractivity contribution in [2.45, 2.75) is 5.54 Å². The molecule has 16 heavy (non-hydrogen) atoms. The molecule has 0 spiro atoms. The predicted octanol–water partition coefficient (Wildman–Crippen LogP) is 0.212. The molecule has 86 valence electrons. The number of nitrogens with zero attached hydrogens (tertiary/aromatic N) is 2. The molecule has 3 heterocycles. The van der Waals surface area contributed by atoms with Crippen LogP contribution in [-0.2, 0) is 10.3 Å². The zero-order valence-electron chi connectivity index (χ0n) is 9.35. The maximum Gasteiger partial charge on any atom is 0.111 e. The molecule has 2 saturated heterocycles. The molecule has 0 atom stereocenters. The van der Waals surface area contributed by atoms with E-state index in [-0.39, 0.29) is 5.54 Å². The molecule has 2 aliphatic rings. The molecule has 0 bridgehead atoms. The first-order valence-corrected chi connectivity index (χ1v) is 5.87. The fraction of sp³-hybridized carbons (Fsp3) is 0.583. The van der Waals surface area contributed by atoms with E-state index in [0.717, 1.165) is 45.1 Å². The lowest BCUT2D eigenvalue weighted by atomic mass is 9.89. The average Bonchev–Trinajstić information content (AvgIpc) is 2.31. The minimum absolute atomic E-state index is 0.0450. The van der Waals surface area contributed by atoms with Crippen LogP contribution in [0.1, 0.15) is 5.69 Å². The van der Waals surface area contributed by atoms with Crippen LogP contribution in [0.25, 0.3) is 0 Å². The van der Waals surface area contributed by atoms with Gasteiger partial charge in [-0.2, -0.15) is 0 Å². The topological polar surface area (TPSA) is 37.4 Å². The van der Waals surface area contributed by atoms with Crippen LogP contribution in [-0.4, -0.2) is 49.3 Å². The Labute approximate surface area is 95.6 Å². The molecule has 0 amide bonds. The second-order valence-electron chi connectivity index (χ2n) is 4.48. The van der Waals surface area contributed by atoms with Crippen molar-refractivity contribution >= 4 is 0 Å². The van der Waals surface area contributed by atoms with Crippen LogP contribution in [0.4, 0.5) is 0 Å². The lowest BCUT2D eigenvalue weighted by Gasteiger charge is -2.50. The number of aromatic nitrogens is 1. The highest BCUT2D eigenvalue weighted by Crippen LogP contribution is 2.34. The average molecular weight is 219 g/mol. The molecule has 4 heteroatoms. The summed E-state index contributed by atoms with van der Waals surface area (Å²) < 4.78 is 5.44. The Bertz CT molecular complexity index is 345. The molecule has 0 unspecified atom stereocenters. The number of rotatable bonds is 2. The third-order valence-electron chi connectivity index (χ3n) is 3.55. The summed E-state index contributed by atoms with van der Waals surface area (Å²) in [5.41, 5.74) is 1.20. The maximum atomic E-state index is 5.44. The highest BCUT2D eigenvalue weighted by atomic mass is 16.5. The molecule has 3 rings (SSSR count). The van der Waals surface area contributed by atoms with Gasteiger partial charge in [0.15, 0.2) is 0 Å². The van der Waals surface area contributed by atoms with E-state index < -0.39 is 0 Å². The van der Waals surface area contributed by atoms with Gasteiger partial charge in [0.25, 0.3) is 0 Å². The van der Waals surface area contributed by atoms with E-state index in [0.29, 0.717) is 0 Å². The van der Waals surface area contributed by atoms with Gasteiger partial charge in [0, 0.05) is 32.4 Å². The normalized spacial score (nSPS) is 25.0. The van der Waals surface area contributed by atoms with Gasteiger partial charge in [-0.15, -0.1) is 0 Å². The molecule has 0 radical (unpaired) electrons. The summed E-state index contributed by atoms with van der Waals surface area (Å²) in [5.74, 6) is 0. The van der Waals surface area contributed by atoms with E-state index in [2.05, 4.69) is 27.3 Å². The van der Waals surface area contributed by atoms with E-state index in [1.54, 1.807) is 0 Å². The van der Waals surface area contributed by atoms with Crippen molar-refractivity contribution in [2.24, 2.45) is 0 Å². The highest BCUT2D eigenvalue weighted by molar-refractivity contribution is 5.20. The summed E-state index contributed by atoms with van der Waals surface area (Å²) in [6, 6.07) is 6.14. The van der Waals surface area contributed by atoms with E-state index in [9.17, 15) is 0 Å². The number of ether oxygens (including phenoxy) is 1. The van der Waals surface area contributed by atoms with Gasteiger partial charge < -0.3 is 10.1 Å². The van der Waals surface area contributed by atoms with Gasteiger partial charge in [-0.25, -0.2) is 0 Å². The first-order valence-electron chi connectivity index (χ1n) is 5.87. The smallest absolute Gasteiger partial charge is 0.111 e. The standard InChI is InChI=1S/C12H17N3O/c1-2-4-14-11(3-1)12(9-16-10-12)15-7-5-13-6-8-15/h1-4,13H,5-10H2. The quantitative estimate of drug-likeness (QED) is 0.771. The van der Waals surface area contributed by atoms with Crippen molar-refractivity contribution in [3.05, 3.63) is 30.1 Å². The van der Waals surface area contributed by atoms with Crippen LogP contribution in [0.15, 0.2) is 24.4 Å². The van der Waals surface area contributed by atoms with Gasteiger partial charge in [-0.05, 0) is 12.1 Å². The summed E-state index contributed by atoms with van der Waals surface area (Å²) in [5, 5.41) is 3.38. The minimum Gasteiger partial charge on any atom is -0.377 e. The van der Waals surface area contributed by atoms with Gasteiger partial charge in [0.1, 0.15) is 5.54 Å². The molecule has 2 fully saturated rings. The second kappa shape index (κ2) is 4.13. The lowest BCUT2D eigenvalue weighted by molar-refractivity contribution is -0.151. The summed E-state index contributed by atoms with van der Waals surface area (Å²) >= 11 is 0. The molecule has 0 aliphatic carbocycles. The number of hydrogen-bond donors (Lipinski definition) is 1. The van der Waals surface area contributed by atoms with Crippen molar-refractivity contribution in [1.82, 2.24) is 15.2 Å². The van der Waals surface area contributed by atoms with Gasteiger partial charge >= 0.3 is 0 Å². The Morgan fingerprint density at radius 3 is 2.62 bits per heavy atom. The molecule has 1 aromatic heterocycles. The first kappa shape index (κ1) is 10.2. The number of pyridine rings is 1. The van der Waals surface area contributed by atoms with Crippen LogP contribution in [0.3, 0.4) is 0 Å². The van der Waals surface area contributed by atoms with Crippen molar-refractivity contribution in [2.75, 3.05) is 39.4 Å². The summed E-state index contributed by atoms with van der Waals surface area (Å²) in [6.07, 6.45) is 1.87. The summed E-state index contributed by atoms with van der Waals surface area (Å²) in [4.78, 5) is 7.02. The molecule has 0 saturated carbocycles. The molecule has 1 aromatic rings. The molecule has 2 aliphatic heterocycles. The third kappa shape index (κ3) is 1.54. The molecule has 4 nitrogen and oxygen atoms in total.